The summed E-state index contributed by atoms with van der Waals surface area (Å²) in [6.07, 6.45) is 2.91. The van der Waals surface area contributed by atoms with Crippen LogP contribution >= 0.6 is 0 Å². The third-order valence-corrected chi connectivity index (χ3v) is 5.28. The molecule has 1 fully saturated rings. The van der Waals surface area contributed by atoms with Crippen molar-refractivity contribution >= 4 is 35.3 Å². The van der Waals surface area contributed by atoms with E-state index >= 15 is 0 Å². The Bertz CT molecular complexity index is 1140. The summed E-state index contributed by atoms with van der Waals surface area (Å²) in [6.45, 7) is 2.65. The van der Waals surface area contributed by atoms with Gasteiger partial charge in [0.15, 0.2) is 0 Å². The fourth-order valence-electron chi connectivity index (χ4n) is 3.50. The lowest BCUT2D eigenvalue weighted by atomic mass is 10.1. The molecule has 2 aromatic heterocycles. The zero-order chi connectivity index (χ0) is 23.2. The van der Waals surface area contributed by atoms with Gasteiger partial charge in [-0.05, 0) is 24.3 Å². The molecule has 0 saturated carbocycles. The van der Waals surface area contributed by atoms with Crippen LogP contribution < -0.4 is 20.9 Å². The van der Waals surface area contributed by atoms with Gasteiger partial charge < -0.3 is 31.0 Å². The summed E-state index contributed by atoms with van der Waals surface area (Å²) >= 11 is 0. The van der Waals surface area contributed by atoms with Crippen molar-refractivity contribution in [3.05, 3.63) is 53.9 Å². The molecule has 0 radical (unpaired) electrons. The summed E-state index contributed by atoms with van der Waals surface area (Å²) in [5.74, 6) is 0.958. The molecule has 10 heteroatoms. The number of morpholine rings is 1. The van der Waals surface area contributed by atoms with Gasteiger partial charge in [0, 0.05) is 56.3 Å². The smallest absolute Gasteiger partial charge is 0.269 e. The van der Waals surface area contributed by atoms with Crippen molar-refractivity contribution in [2.24, 2.45) is 0 Å². The fraction of sp³-hybridized carbons (Fsp3) is 0.261. The molecule has 0 atom stereocenters. The SMILES string of the molecule is CNC(=O)c1ccc(Nc2cc(-c3ccc(NC)c(C=N)c3)nc(N3CCOCC3)n2)cn1. The number of amides is 1. The van der Waals surface area contributed by atoms with E-state index in [9.17, 15) is 4.79 Å². The maximum Gasteiger partial charge on any atom is 0.269 e. The summed E-state index contributed by atoms with van der Waals surface area (Å²) in [6, 6.07) is 11.1. The van der Waals surface area contributed by atoms with Crippen molar-refractivity contribution in [1.82, 2.24) is 20.3 Å². The minimum atomic E-state index is -0.243. The summed E-state index contributed by atoms with van der Waals surface area (Å²) in [5, 5.41) is 16.7. The van der Waals surface area contributed by atoms with E-state index in [4.69, 9.17) is 20.1 Å². The van der Waals surface area contributed by atoms with Gasteiger partial charge in [-0.2, -0.15) is 4.98 Å². The Morgan fingerprint density at radius 2 is 1.94 bits per heavy atom. The number of aromatic nitrogens is 3. The molecular weight excluding hydrogens is 420 g/mol. The van der Waals surface area contributed by atoms with E-state index in [2.05, 4.69) is 25.8 Å². The maximum absolute atomic E-state index is 11.8. The van der Waals surface area contributed by atoms with Gasteiger partial charge >= 0.3 is 0 Å². The Kier molecular flexibility index (Phi) is 6.75. The van der Waals surface area contributed by atoms with Crippen LogP contribution in [-0.2, 0) is 4.74 Å². The highest BCUT2D eigenvalue weighted by atomic mass is 16.5. The van der Waals surface area contributed by atoms with Gasteiger partial charge in [0.25, 0.3) is 5.91 Å². The fourth-order valence-corrected chi connectivity index (χ4v) is 3.50. The topological polar surface area (TPSA) is 128 Å². The number of pyridine rings is 1. The normalized spacial score (nSPS) is 13.3. The van der Waals surface area contributed by atoms with Crippen LogP contribution in [0.15, 0.2) is 42.6 Å². The first-order valence-corrected chi connectivity index (χ1v) is 10.6. The largest absolute Gasteiger partial charge is 0.388 e. The molecule has 1 amide bonds. The molecule has 1 aromatic carbocycles. The lowest BCUT2D eigenvalue weighted by Gasteiger charge is -2.27. The Morgan fingerprint density at radius 1 is 1.12 bits per heavy atom. The van der Waals surface area contributed by atoms with Crippen LogP contribution in [0.3, 0.4) is 0 Å². The predicted octanol–water partition coefficient (Wildman–Crippen LogP) is 2.52. The molecule has 0 aliphatic carbocycles. The Hall–Kier alpha value is -4.05. The van der Waals surface area contributed by atoms with Crippen LogP contribution in [0.4, 0.5) is 23.1 Å². The second-order valence-corrected chi connectivity index (χ2v) is 7.37. The number of carbonyl (C=O) groups excluding carboxylic acids is 1. The van der Waals surface area contributed by atoms with Gasteiger partial charge in [0.2, 0.25) is 5.95 Å². The second kappa shape index (κ2) is 10.0. The quantitative estimate of drug-likeness (QED) is 0.408. The van der Waals surface area contributed by atoms with Crippen LogP contribution in [0, 0.1) is 5.41 Å². The van der Waals surface area contributed by atoms with Crippen LogP contribution in [0.25, 0.3) is 11.3 Å². The number of benzene rings is 1. The van der Waals surface area contributed by atoms with E-state index in [-0.39, 0.29) is 5.91 Å². The Balaban J connectivity index is 1.70. The van der Waals surface area contributed by atoms with Crippen molar-refractivity contribution in [3.63, 3.8) is 0 Å². The van der Waals surface area contributed by atoms with E-state index in [1.54, 1.807) is 25.4 Å². The first-order valence-electron chi connectivity index (χ1n) is 10.6. The standard InChI is InChI=1S/C23H26N8O2/c1-25-18-5-3-15(11-16(18)13-24)20-12-21(30-23(29-20)31-7-9-33-10-8-31)28-17-4-6-19(27-14-17)22(32)26-2/h3-6,11-14,24-25H,7-10H2,1-2H3,(H,26,32)(H,28,29,30). The van der Waals surface area contributed by atoms with Crippen molar-refractivity contribution in [3.8, 4) is 11.3 Å². The van der Waals surface area contributed by atoms with Gasteiger partial charge in [-0.1, -0.05) is 6.07 Å². The van der Waals surface area contributed by atoms with E-state index in [0.717, 1.165) is 22.5 Å². The van der Waals surface area contributed by atoms with E-state index < -0.39 is 0 Å². The number of carbonyl (C=O) groups is 1. The number of anilines is 4. The average Bonchev–Trinajstić information content (AvgIpc) is 2.88. The first kappa shape index (κ1) is 22.2. The minimum absolute atomic E-state index is 0.243. The zero-order valence-electron chi connectivity index (χ0n) is 18.6. The highest BCUT2D eigenvalue weighted by Gasteiger charge is 2.17. The Morgan fingerprint density at radius 3 is 2.61 bits per heavy atom. The van der Waals surface area contributed by atoms with Crippen LogP contribution in [0.2, 0.25) is 0 Å². The van der Waals surface area contributed by atoms with Crippen molar-refractivity contribution in [1.29, 1.82) is 5.41 Å². The molecular formula is C23H26N8O2. The monoisotopic (exact) mass is 446 g/mol. The number of rotatable bonds is 7. The van der Waals surface area contributed by atoms with Crippen LogP contribution in [0.5, 0.6) is 0 Å². The maximum atomic E-state index is 11.8. The van der Waals surface area contributed by atoms with Gasteiger partial charge in [-0.3, -0.25) is 4.79 Å². The molecule has 0 bridgehead atoms. The van der Waals surface area contributed by atoms with Crippen molar-refractivity contribution in [2.75, 3.05) is 55.9 Å². The third kappa shape index (κ3) is 5.07. The molecule has 1 aliphatic heterocycles. The number of hydrogen-bond donors (Lipinski definition) is 4. The predicted molar refractivity (Wildman–Crippen MR) is 129 cm³/mol. The molecule has 0 spiro atoms. The second-order valence-electron chi connectivity index (χ2n) is 7.37. The van der Waals surface area contributed by atoms with E-state index in [0.29, 0.717) is 49.5 Å². The first-order chi connectivity index (χ1) is 16.1. The van der Waals surface area contributed by atoms with Crippen molar-refractivity contribution < 1.29 is 9.53 Å². The average molecular weight is 447 g/mol. The summed E-state index contributed by atoms with van der Waals surface area (Å²) in [5.41, 5.74) is 4.28. The highest BCUT2D eigenvalue weighted by molar-refractivity contribution is 5.92. The molecule has 33 heavy (non-hydrogen) atoms. The van der Waals surface area contributed by atoms with Crippen molar-refractivity contribution in [2.45, 2.75) is 0 Å². The molecule has 0 unspecified atom stereocenters. The van der Waals surface area contributed by atoms with Crippen LogP contribution in [0.1, 0.15) is 16.1 Å². The summed E-state index contributed by atoms with van der Waals surface area (Å²) in [7, 11) is 3.40. The molecule has 1 saturated heterocycles. The molecule has 10 nitrogen and oxygen atoms in total. The molecule has 1 aliphatic rings. The van der Waals surface area contributed by atoms with E-state index in [1.807, 2.05) is 31.3 Å². The van der Waals surface area contributed by atoms with Gasteiger partial charge in [-0.15, -0.1) is 0 Å². The lowest BCUT2D eigenvalue weighted by molar-refractivity contribution is 0.0958. The highest BCUT2D eigenvalue weighted by Crippen LogP contribution is 2.28. The molecule has 170 valence electrons. The lowest BCUT2D eigenvalue weighted by Crippen LogP contribution is -2.37. The molecule has 4 N–H and O–H groups in total. The number of hydrogen-bond acceptors (Lipinski definition) is 9. The molecule has 4 rings (SSSR count). The summed E-state index contributed by atoms with van der Waals surface area (Å²) < 4.78 is 5.47. The third-order valence-electron chi connectivity index (χ3n) is 5.28. The van der Waals surface area contributed by atoms with Gasteiger partial charge in [0.1, 0.15) is 11.5 Å². The number of ether oxygens (including phenoxy) is 1. The Labute approximate surface area is 191 Å². The molecule has 3 heterocycles. The van der Waals surface area contributed by atoms with Gasteiger partial charge in [-0.25, -0.2) is 9.97 Å². The minimum Gasteiger partial charge on any atom is -0.388 e. The van der Waals surface area contributed by atoms with Gasteiger partial charge in [0.05, 0.1) is 30.8 Å². The zero-order valence-corrected chi connectivity index (χ0v) is 18.6. The van der Waals surface area contributed by atoms with E-state index in [1.165, 1.54) is 6.21 Å². The number of nitrogens with zero attached hydrogens (tertiary/aromatic N) is 4. The van der Waals surface area contributed by atoms with Crippen LogP contribution in [-0.4, -0.2) is 67.5 Å². The number of nitrogens with one attached hydrogen (secondary N) is 4. The molecule has 3 aromatic rings. The summed E-state index contributed by atoms with van der Waals surface area (Å²) in [4.78, 5) is 27.6.